The number of benzene rings is 1. The van der Waals surface area contributed by atoms with E-state index in [1.165, 1.54) is 118 Å². The molecule has 4 heteroatoms. The van der Waals surface area contributed by atoms with Crippen LogP contribution < -0.4 is 0 Å². The molecule has 0 atom stereocenters. The first-order valence-corrected chi connectivity index (χ1v) is 16.2. The van der Waals surface area contributed by atoms with Crippen LogP contribution >= 0.6 is 8.86 Å². The smallest absolute Gasteiger partial charge is 0.143 e. The van der Waals surface area contributed by atoms with E-state index < -0.39 is 0 Å². The molecule has 2 rings (SSSR count). The van der Waals surface area contributed by atoms with Gasteiger partial charge in [-0.3, -0.25) is 0 Å². The molecule has 0 aliphatic rings. The molecular weight excluding hydrogens is 473 g/mol. The van der Waals surface area contributed by atoms with Crippen LogP contribution in [0.3, 0.4) is 0 Å². The van der Waals surface area contributed by atoms with Gasteiger partial charge in [0, 0.05) is 5.39 Å². The van der Waals surface area contributed by atoms with Crippen molar-refractivity contribution in [2.24, 2.45) is 0 Å². The van der Waals surface area contributed by atoms with Crippen molar-refractivity contribution in [2.45, 2.75) is 156 Å². The monoisotopic (exact) mass is 529 g/mol. The molecule has 0 bridgehead atoms. The van der Waals surface area contributed by atoms with Gasteiger partial charge in [-0.05, 0) is 61.3 Å². The molecule has 0 spiro atoms. The minimum absolute atomic E-state index is 0.166. The highest BCUT2D eigenvalue weighted by atomic mass is 31.0. The highest BCUT2D eigenvalue weighted by Gasteiger charge is 2.19. The van der Waals surface area contributed by atoms with E-state index in [0.717, 1.165) is 43.9 Å². The van der Waals surface area contributed by atoms with E-state index in [1.807, 2.05) is 0 Å². The average molecular weight is 530 g/mol. The number of phenolic OH excluding ortho intramolecular Hbond substituents is 1. The topological polar surface area (TPSA) is 45.4 Å². The lowest BCUT2D eigenvalue weighted by Gasteiger charge is -2.20. The summed E-state index contributed by atoms with van der Waals surface area (Å²) in [6.45, 7) is 6.79. The Morgan fingerprint density at radius 2 is 1.03 bits per heavy atom. The van der Waals surface area contributed by atoms with Crippen molar-refractivity contribution in [3.63, 3.8) is 0 Å². The highest BCUT2D eigenvalue weighted by molar-refractivity contribution is 7.07. The summed E-state index contributed by atoms with van der Waals surface area (Å²) >= 11 is 0. The van der Waals surface area contributed by atoms with Gasteiger partial charge in [-0.2, -0.15) is 4.73 Å². The van der Waals surface area contributed by atoms with Crippen molar-refractivity contribution >= 4 is 19.8 Å². The third-order valence-corrected chi connectivity index (χ3v) is 8.49. The van der Waals surface area contributed by atoms with Crippen molar-refractivity contribution in [3.8, 4) is 5.75 Å². The molecule has 3 nitrogen and oxygen atoms in total. The van der Waals surface area contributed by atoms with Gasteiger partial charge in [-0.15, -0.1) is 0 Å². The maximum atomic E-state index is 11.2. The number of aromatic hydroxyl groups is 1. The van der Waals surface area contributed by atoms with Crippen LogP contribution in [0.4, 0.5) is 0 Å². The number of unbranched alkanes of at least 4 members (excludes halogenated alkanes) is 15. The molecule has 0 saturated carbocycles. The van der Waals surface area contributed by atoms with Gasteiger partial charge in [0.15, 0.2) is 0 Å². The number of pyridine rings is 1. The Morgan fingerprint density at radius 1 is 0.595 bits per heavy atom. The van der Waals surface area contributed by atoms with E-state index in [1.54, 1.807) is 6.07 Å². The predicted octanol–water partition coefficient (Wildman–Crippen LogP) is 11.0. The molecule has 0 saturated heterocycles. The second-order valence-electron chi connectivity index (χ2n) is 11.1. The molecule has 1 heterocycles. The summed E-state index contributed by atoms with van der Waals surface area (Å²) in [7, 11) is 3.80. The molecule has 0 radical (unpaired) electrons. The third-order valence-electron chi connectivity index (χ3n) is 7.98. The fourth-order valence-electron chi connectivity index (χ4n) is 5.72. The van der Waals surface area contributed by atoms with Crippen LogP contribution in [0, 0.1) is 5.07 Å². The van der Waals surface area contributed by atoms with Crippen molar-refractivity contribution in [3.05, 3.63) is 33.9 Å². The van der Waals surface area contributed by atoms with Gasteiger partial charge in [0.1, 0.15) is 16.3 Å². The molecule has 0 amide bonds. The number of hydrogen-bond acceptors (Lipinski definition) is 2. The summed E-state index contributed by atoms with van der Waals surface area (Å²) in [6, 6.07) is 3.88. The summed E-state index contributed by atoms with van der Waals surface area (Å²) in [6.07, 6.45) is 25.8. The summed E-state index contributed by atoms with van der Waals surface area (Å²) in [4.78, 5) is 0. The minimum Gasteiger partial charge on any atom is -0.506 e. The summed E-state index contributed by atoms with van der Waals surface area (Å²) in [5.74, 6) is 0.166. The van der Waals surface area contributed by atoms with Crippen molar-refractivity contribution < 1.29 is 10.3 Å². The van der Waals surface area contributed by atoms with Crippen molar-refractivity contribution in [1.29, 1.82) is 0 Å². The maximum Gasteiger partial charge on any atom is 0.143 e. The van der Waals surface area contributed by atoms with Gasteiger partial charge in [0.2, 0.25) is 0 Å². The number of aromatic nitrogens is 1. The Balaban J connectivity index is 2.34. The molecule has 0 unspecified atom stereocenters. The highest BCUT2D eigenvalue weighted by Crippen LogP contribution is 2.35. The Kier molecular flexibility index (Phi) is 16.1. The second kappa shape index (κ2) is 18.7. The fraction of sp³-hybridized carbons (Fsp3) is 0.727. The molecule has 0 aliphatic heterocycles. The Morgan fingerprint density at radius 3 is 1.54 bits per heavy atom. The minimum atomic E-state index is 0.166. The lowest BCUT2D eigenvalue weighted by molar-refractivity contribution is 0.191. The zero-order valence-corrected chi connectivity index (χ0v) is 25.3. The van der Waals surface area contributed by atoms with Crippen LogP contribution in [0.5, 0.6) is 5.75 Å². The first kappa shape index (κ1) is 31.7. The van der Waals surface area contributed by atoms with Crippen molar-refractivity contribution in [2.75, 3.05) is 0 Å². The quantitative estimate of drug-likeness (QED) is 0.0959. The number of fused-ring (bicyclic) bond motifs is 1. The first-order valence-electron chi connectivity index (χ1n) is 15.7. The number of nitrogens with zero attached hydrogens (tertiary/aromatic N) is 1. The van der Waals surface area contributed by atoms with E-state index in [9.17, 15) is 10.3 Å². The number of hydrogen-bond donors (Lipinski definition) is 2. The lowest BCUT2D eigenvalue weighted by Crippen LogP contribution is -2.09. The standard InChI is InChI=1S/C33H56NO2P/c1-4-7-10-13-16-19-22-27-25-26-30(35)32-31(27)28(23-20-17-14-11-8-5-2)29(33(37)34(32)36)24-21-18-15-12-9-6-3/h25-26,35-37H,4-24H2,1-3H3. The Labute approximate surface area is 229 Å². The Hall–Kier alpha value is -1.47. The SMILES string of the molecule is CCCCCCCCc1c(CCCCCCCC)c2c(CCCCCCCC)ccc(O)c2n(O)c1=P. The van der Waals surface area contributed by atoms with E-state index >= 15 is 0 Å². The number of aryl methyl sites for hydroxylation is 2. The molecule has 1 aromatic heterocycles. The fourth-order valence-corrected chi connectivity index (χ4v) is 6.11. The average Bonchev–Trinajstić information content (AvgIpc) is 2.90. The number of rotatable bonds is 21. The van der Waals surface area contributed by atoms with Crippen LogP contribution in [0.15, 0.2) is 12.1 Å². The van der Waals surface area contributed by atoms with Crippen LogP contribution in [0.25, 0.3) is 10.9 Å². The molecule has 1 aromatic carbocycles. The van der Waals surface area contributed by atoms with Gasteiger partial charge in [-0.25, -0.2) is 0 Å². The first-order chi connectivity index (χ1) is 18.1. The maximum absolute atomic E-state index is 11.2. The molecule has 37 heavy (non-hydrogen) atoms. The van der Waals surface area contributed by atoms with Crippen LogP contribution in [0.1, 0.15) is 153 Å². The van der Waals surface area contributed by atoms with Gasteiger partial charge in [0.25, 0.3) is 0 Å². The normalized spacial score (nSPS) is 11.5. The van der Waals surface area contributed by atoms with E-state index in [-0.39, 0.29) is 5.75 Å². The van der Waals surface area contributed by atoms with Crippen LogP contribution in [-0.4, -0.2) is 15.0 Å². The van der Waals surface area contributed by atoms with Gasteiger partial charge in [-0.1, -0.05) is 132 Å². The molecular formula is C33H56NO2P. The second-order valence-corrected chi connectivity index (χ2v) is 11.6. The molecule has 210 valence electrons. The molecule has 0 fully saturated rings. The van der Waals surface area contributed by atoms with Crippen LogP contribution in [0.2, 0.25) is 0 Å². The Bertz CT molecular complexity index is 965. The molecule has 2 aromatic rings. The summed E-state index contributed by atoms with van der Waals surface area (Å²) in [5.41, 5.74) is 4.45. The van der Waals surface area contributed by atoms with E-state index in [4.69, 9.17) is 0 Å². The molecule has 0 aliphatic carbocycles. The van der Waals surface area contributed by atoms with Gasteiger partial charge < -0.3 is 10.3 Å². The summed E-state index contributed by atoms with van der Waals surface area (Å²) < 4.78 is 1.21. The van der Waals surface area contributed by atoms with Crippen molar-refractivity contribution in [1.82, 2.24) is 4.73 Å². The zero-order valence-electron chi connectivity index (χ0n) is 24.3. The number of phenols is 1. The molecule has 2 N–H and O–H groups in total. The summed E-state index contributed by atoms with van der Waals surface area (Å²) in [5, 5.41) is 23.9. The third kappa shape index (κ3) is 10.3. The van der Waals surface area contributed by atoms with E-state index in [0.29, 0.717) is 10.6 Å². The lowest BCUT2D eigenvalue weighted by atomic mass is 9.90. The van der Waals surface area contributed by atoms with E-state index in [2.05, 4.69) is 35.7 Å². The van der Waals surface area contributed by atoms with Gasteiger partial charge >= 0.3 is 0 Å². The van der Waals surface area contributed by atoms with Gasteiger partial charge in [0.05, 0.1) is 0 Å². The zero-order chi connectivity index (χ0) is 26.9. The predicted molar refractivity (Wildman–Crippen MR) is 164 cm³/mol. The largest absolute Gasteiger partial charge is 0.506 e. The van der Waals surface area contributed by atoms with Crippen LogP contribution in [-0.2, 0) is 19.3 Å².